The summed E-state index contributed by atoms with van der Waals surface area (Å²) in [5, 5.41) is 2.53. The van der Waals surface area contributed by atoms with Crippen LogP contribution in [0.1, 0.15) is 22.6 Å². The number of nitrogens with one attached hydrogen (secondary N) is 1. The Hall–Kier alpha value is -3.46. The number of rotatable bonds is 4. The van der Waals surface area contributed by atoms with Crippen LogP contribution < -0.4 is 4.74 Å². The zero-order valence-corrected chi connectivity index (χ0v) is 16.0. The summed E-state index contributed by atoms with van der Waals surface area (Å²) in [6.45, 7) is 0. The number of ether oxygens (including phenoxy) is 1. The molecule has 5 rings (SSSR count). The first-order valence-electron chi connectivity index (χ1n) is 9.50. The maximum atomic E-state index is 5.53. The average molecular weight is 366 g/mol. The number of benzene rings is 3. The second kappa shape index (κ2) is 6.61. The number of para-hydroxylation sites is 2. The Labute approximate surface area is 164 Å². The Kier molecular flexibility index (Phi) is 3.94. The van der Waals surface area contributed by atoms with Gasteiger partial charge in [-0.3, -0.25) is 0 Å². The molecule has 1 atom stereocenters. The largest absolute Gasteiger partial charge is 0.497 e. The minimum atomic E-state index is 0.109. The number of fused-ring (bicyclic) bond motifs is 2. The summed E-state index contributed by atoms with van der Waals surface area (Å²) in [6, 6.07) is 25.5. The summed E-state index contributed by atoms with van der Waals surface area (Å²) in [5.41, 5.74) is 6.20. The summed E-state index contributed by atoms with van der Waals surface area (Å²) >= 11 is 0. The molecular weight excluding hydrogens is 344 g/mol. The maximum Gasteiger partial charge on any atom is 0.119 e. The third-order valence-electron chi connectivity index (χ3n) is 5.60. The number of aromatic nitrogens is 2. The van der Waals surface area contributed by atoms with Gasteiger partial charge in [0.15, 0.2) is 0 Å². The first kappa shape index (κ1) is 16.7. The number of aryl methyl sites for hydroxylation is 1. The summed E-state index contributed by atoms with van der Waals surface area (Å²) in [7, 11) is 3.83. The quantitative estimate of drug-likeness (QED) is 0.425. The van der Waals surface area contributed by atoms with E-state index < -0.39 is 0 Å². The fourth-order valence-corrected chi connectivity index (χ4v) is 4.28. The monoisotopic (exact) mass is 366 g/mol. The first-order chi connectivity index (χ1) is 13.8. The highest BCUT2D eigenvalue weighted by molar-refractivity contribution is 5.89. The topological polar surface area (TPSA) is 29.9 Å². The molecule has 0 unspecified atom stereocenters. The Morgan fingerprint density at radius 2 is 1.64 bits per heavy atom. The molecule has 3 aromatic carbocycles. The molecule has 0 aliphatic rings. The number of aromatic amines is 1. The van der Waals surface area contributed by atoms with Crippen LogP contribution in [0.25, 0.3) is 21.8 Å². The van der Waals surface area contributed by atoms with E-state index in [4.69, 9.17) is 4.74 Å². The number of methoxy groups -OCH3 is 1. The summed E-state index contributed by atoms with van der Waals surface area (Å²) < 4.78 is 7.74. The normalized spacial score (nSPS) is 12.5. The molecule has 3 nitrogen and oxygen atoms in total. The van der Waals surface area contributed by atoms with E-state index in [1.165, 1.54) is 33.0 Å². The molecule has 1 N–H and O–H groups in total. The summed E-state index contributed by atoms with van der Waals surface area (Å²) in [5.74, 6) is 0.986. The summed E-state index contributed by atoms with van der Waals surface area (Å²) in [6.07, 6.45) is 4.41. The van der Waals surface area contributed by atoms with Gasteiger partial charge in [0.05, 0.1) is 7.11 Å². The molecule has 0 bridgehead atoms. The molecule has 5 aromatic rings. The second-order valence-electron chi connectivity index (χ2n) is 7.21. The molecule has 0 aliphatic carbocycles. The number of nitrogens with zero attached hydrogens (tertiary/aromatic N) is 1. The van der Waals surface area contributed by atoms with Crippen molar-refractivity contribution in [3.63, 3.8) is 0 Å². The molecule has 0 amide bonds. The lowest BCUT2D eigenvalue weighted by atomic mass is 9.84. The van der Waals surface area contributed by atoms with Crippen molar-refractivity contribution in [3.8, 4) is 5.75 Å². The Morgan fingerprint density at radius 3 is 2.50 bits per heavy atom. The standard InChI is InChI=1S/C25H22N2O/c1-27-16-22(20-11-4-6-13-24(20)27)25(17-8-7-9-18(14-17)28-2)21-15-26-23-12-5-3-10-19(21)23/h3-16,25-26H,1-2H3/t25-/m1/s1. The van der Waals surface area contributed by atoms with Gasteiger partial charge >= 0.3 is 0 Å². The van der Waals surface area contributed by atoms with Crippen molar-refractivity contribution >= 4 is 21.8 Å². The number of hydrogen-bond acceptors (Lipinski definition) is 1. The fourth-order valence-electron chi connectivity index (χ4n) is 4.28. The van der Waals surface area contributed by atoms with Crippen LogP contribution in [0.2, 0.25) is 0 Å². The lowest BCUT2D eigenvalue weighted by Crippen LogP contribution is -2.03. The van der Waals surface area contributed by atoms with Gasteiger partial charge in [0.2, 0.25) is 0 Å². The highest BCUT2D eigenvalue weighted by Crippen LogP contribution is 2.40. The zero-order valence-electron chi connectivity index (χ0n) is 16.0. The Bertz CT molecular complexity index is 1280. The van der Waals surface area contributed by atoms with Crippen molar-refractivity contribution in [1.82, 2.24) is 9.55 Å². The lowest BCUT2D eigenvalue weighted by molar-refractivity contribution is 0.414. The van der Waals surface area contributed by atoms with Gasteiger partial charge in [-0.05, 0) is 41.0 Å². The summed E-state index contributed by atoms with van der Waals surface area (Å²) in [4.78, 5) is 3.45. The van der Waals surface area contributed by atoms with E-state index in [-0.39, 0.29) is 5.92 Å². The molecule has 138 valence electrons. The molecule has 3 heteroatoms. The van der Waals surface area contributed by atoms with Crippen molar-refractivity contribution in [2.75, 3.05) is 7.11 Å². The van der Waals surface area contributed by atoms with Crippen LogP contribution in [0.4, 0.5) is 0 Å². The molecule has 28 heavy (non-hydrogen) atoms. The lowest BCUT2D eigenvalue weighted by Gasteiger charge is -2.18. The molecule has 2 heterocycles. The third-order valence-corrected chi connectivity index (χ3v) is 5.60. The molecule has 2 aromatic heterocycles. The molecule has 0 saturated carbocycles. The van der Waals surface area contributed by atoms with Crippen molar-refractivity contribution in [2.24, 2.45) is 7.05 Å². The molecule has 0 saturated heterocycles. The minimum absolute atomic E-state index is 0.109. The maximum absolute atomic E-state index is 5.53. The van der Waals surface area contributed by atoms with Crippen LogP contribution in [0.3, 0.4) is 0 Å². The van der Waals surface area contributed by atoms with Gasteiger partial charge in [0.1, 0.15) is 5.75 Å². The van der Waals surface area contributed by atoms with E-state index in [0.717, 1.165) is 11.3 Å². The van der Waals surface area contributed by atoms with Crippen LogP contribution in [-0.2, 0) is 7.05 Å². The van der Waals surface area contributed by atoms with Crippen molar-refractivity contribution in [1.29, 1.82) is 0 Å². The fraction of sp³-hybridized carbons (Fsp3) is 0.120. The van der Waals surface area contributed by atoms with E-state index >= 15 is 0 Å². The van der Waals surface area contributed by atoms with Gasteiger partial charge in [-0.2, -0.15) is 0 Å². The minimum Gasteiger partial charge on any atom is -0.497 e. The van der Waals surface area contributed by atoms with Gasteiger partial charge in [0, 0.05) is 47.2 Å². The molecule has 0 spiro atoms. The van der Waals surface area contributed by atoms with E-state index in [1.54, 1.807) is 7.11 Å². The van der Waals surface area contributed by atoms with E-state index in [1.807, 2.05) is 6.07 Å². The number of H-pyrrole nitrogens is 1. The highest BCUT2D eigenvalue weighted by atomic mass is 16.5. The smallest absolute Gasteiger partial charge is 0.119 e. The Balaban J connectivity index is 1.82. The molecule has 0 radical (unpaired) electrons. The molecule has 0 fully saturated rings. The van der Waals surface area contributed by atoms with Gasteiger partial charge in [-0.1, -0.05) is 48.5 Å². The van der Waals surface area contributed by atoms with Gasteiger partial charge in [-0.25, -0.2) is 0 Å². The van der Waals surface area contributed by atoms with E-state index in [2.05, 4.69) is 95.7 Å². The van der Waals surface area contributed by atoms with Crippen molar-refractivity contribution in [2.45, 2.75) is 5.92 Å². The zero-order chi connectivity index (χ0) is 19.1. The predicted octanol–water partition coefficient (Wildman–Crippen LogP) is 5.85. The van der Waals surface area contributed by atoms with Crippen LogP contribution in [-0.4, -0.2) is 16.7 Å². The second-order valence-corrected chi connectivity index (χ2v) is 7.21. The third kappa shape index (κ3) is 2.59. The van der Waals surface area contributed by atoms with E-state index in [9.17, 15) is 0 Å². The van der Waals surface area contributed by atoms with Crippen LogP contribution >= 0.6 is 0 Å². The van der Waals surface area contributed by atoms with E-state index in [0.29, 0.717) is 0 Å². The highest BCUT2D eigenvalue weighted by Gasteiger charge is 2.24. The predicted molar refractivity (Wildman–Crippen MR) is 115 cm³/mol. The van der Waals surface area contributed by atoms with Crippen LogP contribution in [0.5, 0.6) is 5.75 Å². The van der Waals surface area contributed by atoms with Gasteiger partial charge in [-0.15, -0.1) is 0 Å². The SMILES string of the molecule is COc1cccc([C@H](c2c[nH]c3ccccc23)c2cn(C)c3ccccc23)c1. The first-order valence-corrected chi connectivity index (χ1v) is 9.50. The van der Waals surface area contributed by atoms with Crippen LogP contribution in [0, 0.1) is 0 Å². The van der Waals surface area contributed by atoms with Crippen molar-refractivity contribution < 1.29 is 4.74 Å². The van der Waals surface area contributed by atoms with Crippen LogP contribution in [0.15, 0.2) is 85.2 Å². The van der Waals surface area contributed by atoms with Gasteiger partial charge in [0.25, 0.3) is 0 Å². The molecular formula is C25H22N2O. The molecule has 0 aliphatic heterocycles. The van der Waals surface area contributed by atoms with Gasteiger partial charge < -0.3 is 14.3 Å². The van der Waals surface area contributed by atoms with Crippen molar-refractivity contribution in [3.05, 3.63) is 102 Å². The average Bonchev–Trinajstić information content (AvgIpc) is 3.31. The number of hydrogen-bond donors (Lipinski definition) is 1. The Morgan fingerprint density at radius 1 is 0.857 bits per heavy atom.